The van der Waals surface area contributed by atoms with Crippen LogP contribution in [0.5, 0.6) is 0 Å². The lowest BCUT2D eigenvalue weighted by Crippen LogP contribution is -2.54. The van der Waals surface area contributed by atoms with Crippen LogP contribution in [0, 0.1) is 13.8 Å². The lowest BCUT2D eigenvalue weighted by Gasteiger charge is -2.33. The van der Waals surface area contributed by atoms with Gasteiger partial charge in [0.1, 0.15) is 12.6 Å². The summed E-state index contributed by atoms with van der Waals surface area (Å²) in [5.41, 5.74) is 2.03. The molecule has 0 heterocycles. The van der Waals surface area contributed by atoms with Crippen molar-refractivity contribution in [3.05, 3.63) is 63.1 Å². The number of hydrogen-bond acceptors (Lipinski definition) is 4. The van der Waals surface area contributed by atoms with Crippen molar-refractivity contribution < 1.29 is 18.0 Å². The van der Waals surface area contributed by atoms with Crippen LogP contribution in [0.25, 0.3) is 0 Å². The van der Waals surface area contributed by atoms with Crippen molar-refractivity contribution in [2.45, 2.75) is 59.7 Å². The average Bonchev–Trinajstić information content (AvgIpc) is 2.71. The second kappa shape index (κ2) is 11.2. The highest BCUT2D eigenvalue weighted by atomic mass is 35.5. The van der Waals surface area contributed by atoms with Crippen LogP contribution in [-0.2, 0) is 26.2 Å². The van der Waals surface area contributed by atoms with Crippen molar-refractivity contribution >= 4 is 50.7 Å². The summed E-state index contributed by atoms with van der Waals surface area (Å²) in [6.07, 6.45) is 1.06. The van der Waals surface area contributed by atoms with Crippen LogP contribution in [0.15, 0.2) is 36.4 Å². The number of amides is 2. The quantitative estimate of drug-likeness (QED) is 0.524. The molecule has 0 aliphatic carbocycles. The molecule has 2 amide bonds. The highest BCUT2D eigenvalue weighted by Crippen LogP contribution is 2.28. The van der Waals surface area contributed by atoms with Gasteiger partial charge < -0.3 is 10.2 Å². The molecule has 0 spiro atoms. The zero-order valence-corrected chi connectivity index (χ0v) is 23.5. The molecule has 192 valence electrons. The van der Waals surface area contributed by atoms with E-state index in [1.807, 2.05) is 26.8 Å². The lowest BCUT2D eigenvalue weighted by molar-refractivity contribution is -0.140. The van der Waals surface area contributed by atoms with Crippen molar-refractivity contribution in [3.8, 4) is 0 Å². The van der Waals surface area contributed by atoms with Gasteiger partial charge in [0.25, 0.3) is 0 Å². The van der Waals surface area contributed by atoms with Gasteiger partial charge in [0.15, 0.2) is 0 Å². The molecule has 2 rings (SSSR count). The summed E-state index contributed by atoms with van der Waals surface area (Å²) in [6, 6.07) is 9.47. The van der Waals surface area contributed by atoms with Gasteiger partial charge in [-0.1, -0.05) is 47.5 Å². The van der Waals surface area contributed by atoms with Crippen LogP contribution in [0.1, 0.15) is 44.4 Å². The van der Waals surface area contributed by atoms with E-state index in [-0.39, 0.29) is 12.5 Å². The molecule has 35 heavy (non-hydrogen) atoms. The first-order valence-corrected chi connectivity index (χ1v) is 13.7. The number of benzene rings is 2. The molecule has 0 radical (unpaired) electrons. The van der Waals surface area contributed by atoms with E-state index in [0.717, 1.165) is 21.7 Å². The Balaban J connectivity index is 2.49. The minimum atomic E-state index is -3.80. The molecule has 1 atom stereocenters. The maximum absolute atomic E-state index is 13.6. The van der Waals surface area contributed by atoms with Gasteiger partial charge in [0, 0.05) is 12.1 Å². The Kier molecular flexibility index (Phi) is 9.25. The van der Waals surface area contributed by atoms with Gasteiger partial charge in [-0.15, -0.1) is 0 Å². The molecule has 10 heteroatoms. The molecule has 0 saturated carbocycles. The van der Waals surface area contributed by atoms with Gasteiger partial charge in [0.2, 0.25) is 21.8 Å². The van der Waals surface area contributed by atoms with Gasteiger partial charge in [-0.05, 0) is 70.4 Å². The van der Waals surface area contributed by atoms with Crippen molar-refractivity contribution in [1.29, 1.82) is 0 Å². The second-order valence-corrected chi connectivity index (χ2v) is 12.4. The van der Waals surface area contributed by atoms with E-state index in [1.165, 1.54) is 4.90 Å². The third-order valence-electron chi connectivity index (χ3n) is 5.37. The Hall–Kier alpha value is -2.29. The number of nitrogens with zero attached hydrogens (tertiary/aromatic N) is 2. The van der Waals surface area contributed by atoms with E-state index in [4.69, 9.17) is 23.2 Å². The normalized spacial score (nSPS) is 12.7. The van der Waals surface area contributed by atoms with Crippen molar-refractivity contribution in [1.82, 2.24) is 10.2 Å². The Labute approximate surface area is 218 Å². The largest absolute Gasteiger partial charge is 0.350 e. The summed E-state index contributed by atoms with van der Waals surface area (Å²) in [4.78, 5) is 28.0. The fourth-order valence-corrected chi connectivity index (χ4v) is 4.95. The number of hydrogen-bond donors (Lipinski definition) is 1. The molecule has 0 fully saturated rings. The summed E-state index contributed by atoms with van der Waals surface area (Å²) >= 11 is 12.2. The standard InChI is InChI=1S/C25H33Cl2N3O4S/c1-16-9-8-10-17(2)23(16)30(35(7,33)34)15-22(31)29(18(3)24(32)28-25(4,5)6)14-19-11-12-20(26)21(27)13-19/h8-13,18H,14-15H2,1-7H3,(H,28,32)/t18-/m1/s1. The zero-order chi connectivity index (χ0) is 26.7. The molecule has 0 aliphatic heterocycles. The summed E-state index contributed by atoms with van der Waals surface area (Å²) in [5.74, 6) is -0.885. The molecule has 1 N–H and O–H groups in total. The highest BCUT2D eigenvalue weighted by Gasteiger charge is 2.32. The smallest absolute Gasteiger partial charge is 0.244 e. The molecule has 0 saturated heterocycles. The Bertz CT molecular complexity index is 1190. The van der Waals surface area contributed by atoms with Crippen LogP contribution in [-0.4, -0.2) is 49.5 Å². The van der Waals surface area contributed by atoms with Crippen LogP contribution in [0.3, 0.4) is 0 Å². The van der Waals surface area contributed by atoms with Gasteiger partial charge in [0.05, 0.1) is 22.0 Å². The summed E-state index contributed by atoms with van der Waals surface area (Å²) in [7, 11) is -3.80. The molecular formula is C25H33Cl2N3O4S. The van der Waals surface area contributed by atoms with Crippen molar-refractivity contribution in [3.63, 3.8) is 0 Å². The predicted molar refractivity (Wildman–Crippen MR) is 142 cm³/mol. The molecule has 0 unspecified atom stereocenters. The summed E-state index contributed by atoms with van der Waals surface area (Å²) in [5, 5.41) is 3.56. The number of rotatable bonds is 8. The SMILES string of the molecule is Cc1cccc(C)c1N(CC(=O)N(Cc1ccc(Cl)c(Cl)c1)[C@H](C)C(=O)NC(C)(C)C)S(C)(=O)=O. The van der Waals surface area contributed by atoms with Crippen LogP contribution in [0.2, 0.25) is 10.0 Å². The van der Waals surface area contributed by atoms with Crippen molar-refractivity contribution in [2.75, 3.05) is 17.1 Å². The lowest BCUT2D eigenvalue weighted by atomic mass is 10.1. The fourth-order valence-electron chi connectivity index (χ4n) is 3.67. The van der Waals surface area contributed by atoms with Gasteiger partial charge in [-0.3, -0.25) is 13.9 Å². The Morgan fingerprint density at radius 2 is 1.60 bits per heavy atom. The first-order chi connectivity index (χ1) is 16.0. The molecule has 0 aromatic heterocycles. The molecule has 0 aliphatic rings. The average molecular weight is 543 g/mol. The number of carbonyl (C=O) groups is 2. The third kappa shape index (κ3) is 7.85. The topological polar surface area (TPSA) is 86.8 Å². The fraction of sp³-hybridized carbons (Fsp3) is 0.440. The van der Waals surface area contributed by atoms with Crippen LogP contribution < -0.4 is 9.62 Å². The number of aryl methyl sites for hydroxylation is 2. The molecule has 2 aromatic rings. The highest BCUT2D eigenvalue weighted by molar-refractivity contribution is 7.92. The van der Waals surface area contributed by atoms with Gasteiger partial charge in [-0.2, -0.15) is 0 Å². The maximum Gasteiger partial charge on any atom is 0.244 e. The molecule has 7 nitrogen and oxygen atoms in total. The van der Waals surface area contributed by atoms with Crippen molar-refractivity contribution in [2.24, 2.45) is 0 Å². The van der Waals surface area contributed by atoms with E-state index in [1.54, 1.807) is 51.1 Å². The van der Waals surface area contributed by atoms with E-state index in [2.05, 4.69) is 5.32 Å². The van der Waals surface area contributed by atoms with Crippen LogP contribution >= 0.6 is 23.2 Å². The summed E-state index contributed by atoms with van der Waals surface area (Å²) < 4.78 is 26.6. The number of sulfonamides is 1. The summed E-state index contributed by atoms with van der Waals surface area (Å²) in [6.45, 7) is 10.3. The third-order valence-corrected chi connectivity index (χ3v) is 7.22. The first-order valence-electron chi connectivity index (χ1n) is 11.1. The van der Waals surface area contributed by atoms with E-state index in [0.29, 0.717) is 21.3 Å². The van der Waals surface area contributed by atoms with Gasteiger partial charge >= 0.3 is 0 Å². The first kappa shape index (κ1) is 28.9. The van der Waals surface area contributed by atoms with E-state index >= 15 is 0 Å². The monoisotopic (exact) mass is 541 g/mol. The predicted octanol–water partition coefficient (Wildman–Crippen LogP) is 4.71. The number of halogens is 2. The number of carbonyl (C=O) groups excluding carboxylic acids is 2. The number of anilines is 1. The zero-order valence-electron chi connectivity index (χ0n) is 21.1. The molecule has 2 aromatic carbocycles. The van der Waals surface area contributed by atoms with E-state index < -0.39 is 34.1 Å². The number of nitrogens with one attached hydrogen (secondary N) is 1. The number of para-hydroxylation sites is 1. The minimum absolute atomic E-state index is 0.0405. The minimum Gasteiger partial charge on any atom is -0.350 e. The van der Waals surface area contributed by atoms with Gasteiger partial charge in [-0.25, -0.2) is 8.42 Å². The molecule has 0 bridgehead atoms. The second-order valence-electron chi connectivity index (χ2n) is 9.70. The Morgan fingerprint density at radius 3 is 2.09 bits per heavy atom. The maximum atomic E-state index is 13.6. The van der Waals surface area contributed by atoms with Crippen LogP contribution in [0.4, 0.5) is 5.69 Å². The Morgan fingerprint density at radius 1 is 1.03 bits per heavy atom. The molecular weight excluding hydrogens is 509 g/mol. The van der Waals surface area contributed by atoms with E-state index in [9.17, 15) is 18.0 Å².